The van der Waals surface area contributed by atoms with Crippen LogP contribution in [0.5, 0.6) is 5.75 Å². The average Bonchev–Trinajstić information content (AvgIpc) is 3.10. The summed E-state index contributed by atoms with van der Waals surface area (Å²) in [5, 5.41) is 3.24. The highest BCUT2D eigenvalue weighted by atomic mass is 16.5. The molecule has 0 spiro atoms. The zero-order valence-corrected chi connectivity index (χ0v) is 17.4. The van der Waals surface area contributed by atoms with Crippen LogP contribution < -0.4 is 21.4 Å². The summed E-state index contributed by atoms with van der Waals surface area (Å²) in [6.45, 7) is 0.547. The number of ether oxygens (including phenoxy) is 1. The molecule has 0 bridgehead atoms. The summed E-state index contributed by atoms with van der Waals surface area (Å²) < 4.78 is 9.08. The van der Waals surface area contributed by atoms with Crippen molar-refractivity contribution in [3.8, 4) is 11.4 Å². The maximum Gasteiger partial charge on any atom is 0.359 e. The molecule has 2 aromatic heterocycles. The topological polar surface area (TPSA) is 82.0 Å². The molecule has 0 saturated heterocycles. The molecule has 2 heterocycles. The number of nitrogens with zero attached hydrogens (tertiary/aromatic N) is 4. The van der Waals surface area contributed by atoms with E-state index in [4.69, 9.17) is 4.74 Å². The highest BCUT2D eigenvalue weighted by Gasteiger charge is 2.19. The highest BCUT2D eigenvalue weighted by molar-refractivity contribution is 5.77. The van der Waals surface area contributed by atoms with Crippen molar-refractivity contribution in [3.63, 3.8) is 0 Å². The van der Waals surface area contributed by atoms with Crippen molar-refractivity contribution in [3.05, 3.63) is 105 Å². The fraction of sp³-hybridized carbons (Fsp3) is 0.125. The van der Waals surface area contributed by atoms with Crippen molar-refractivity contribution in [2.24, 2.45) is 0 Å². The molecule has 5 aromatic rings. The van der Waals surface area contributed by atoms with E-state index in [-0.39, 0.29) is 0 Å². The summed E-state index contributed by atoms with van der Waals surface area (Å²) in [6, 6.07) is 24.1. The predicted octanol–water partition coefficient (Wildman–Crippen LogP) is 2.76. The molecule has 8 nitrogen and oxygen atoms in total. The fourth-order valence-electron chi connectivity index (χ4n) is 3.77. The molecule has 8 heteroatoms. The van der Waals surface area contributed by atoms with Gasteiger partial charge >= 0.3 is 11.4 Å². The highest BCUT2D eigenvalue weighted by Crippen LogP contribution is 2.20. The maximum atomic E-state index is 13.4. The van der Waals surface area contributed by atoms with Gasteiger partial charge in [-0.15, -0.1) is 0 Å². The minimum Gasteiger partial charge on any atom is -0.497 e. The third kappa shape index (κ3) is 3.31. The summed E-state index contributed by atoms with van der Waals surface area (Å²) in [6.07, 6.45) is 0.744. The summed E-state index contributed by atoms with van der Waals surface area (Å²) in [5.41, 5.74) is 1.72. The monoisotopic (exact) mass is 427 g/mol. The number of aromatic nitrogens is 4. The second-order valence-corrected chi connectivity index (χ2v) is 7.31. The maximum absolute atomic E-state index is 13.4. The molecule has 0 amide bonds. The molecule has 5 rings (SSSR count). The Morgan fingerprint density at radius 3 is 2.28 bits per heavy atom. The number of para-hydroxylation sites is 1. The van der Waals surface area contributed by atoms with Crippen molar-refractivity contribution >= 4 is 17.0 Å². The van der Waals surface area contributed by atoms with Gasteiger partial charge in [-0.25, -0.2) is 19.1 Å². The van der Waals surface area contributed by atoms with Gasteiger partial charge in [-0.2, -0.15) is 9.03 Å². The Morgan fingerprint density at radius 2 is 1.56 bits per heavy atom. The Labute approximate surface area is 182 Å². The molecule has 0 atom stereocenters. The molecule has 0 fully saturated rings. The largest absolute Gasteiger partial charge is 0.497 e. The van der Waals surface area contributed by atoms with Gasteiger partial charge in [0.1, 0.15) is 5.75 Å². The van der Waals surface area contributed by atoms with Gasteiger partial charge in [-0.1, -0.05) is 48.5 Å². The lowest BCUT2D eigenvalue weighted by molar-refractivity contribution is 0.415. The van der Waals surface area contributed by atoms with E-state index in [0.29, 0.717) is 35.0 Å². The third-order valence-electron chi connectivity index (χ3n) is 5.34. The lowest BCUT2D eigenvalue weighted by Crippen LogP contribution is -2.26. The van der Waals surface area contributed by atoms with Crippen LogP contribution >= 0.6 is 0 Å². The van der Waals surface area contributed by atoms with Crippen LogP contribution in [0.4, 0.5) is 5.95 Å². The average molecular weight is 427 g/mol. The van der Waals surface area contributed by atoms with E-state index in [2.05, 4.69) is 10.3 Å². The van der Waals surface area contributed by atoms with E-state index in [0.717, 1.165) is 16.6 Å². The first-order valence-corrected chi connectivity index (χ1v) is 10.2. The Balaban J connectivity index is 1.70. The number of rotatable bonds is 6. The van der Waals surface area contributed by atoms with Gasteiger partial charge in [-0.3, -0.25) is 0 Å². The second kappa shape index (κ2) is 8.07. The molecule has 0 radical (unpaired) electrons. The predicted molar refractivity (Wildman–Crippen MR) is 123 cm³/mol. The van der Waals surface area contributed by atoms with Gasteiger partial charge in [0.2, 0.25) is 5.95 Å². The first-order chi connectivity index (χ1) is 15.7. The lowest BCUT2D eigenvalue weighted by atomic mass is 10.1. The molecule has 0 unspecified atom stereocenters. The third-order valence-corrected chi connectivity index (χ3v) is 5.34. The molecule has 3 aromatic carbocycles. The normalized spacial score (nSPS) is 11.2. The van der Waals surface area contributed by atoms with Crippen molar-refractivity contribution in [1.29, 1.82) is 0 Å². The fourth-order valence-corrected chi connectivity index (χ4v) is 3.77. The Bertz CT molecular complexity index is 1520. The van der Waals surface area contributed by atoms with Gasteiger partial charge in [0, 0.05) is 12.6 Å². The summed E-state index contributed by atoms with van der Waals surface area (Å²) >= 11 is 0. The smallest absolute Gasteiger partial charge is 0.359 e. The molecule has 0 aliphatic heterocycles. The summed E-state index contributed by atoms with van der Waals surface area (Å²) in [5.74, 6) is 0.869. The molecule has 1 N–H and O–H groups in total. The van der Waals surface area contributed by atoms with Crippen LogP contribution in [0.1, 0.15) is 5.56 Å². The second-order valence-electron chi connectivity index (χ2n) is 7.31. The van der Waals surface area contributed by atoms with Crippen molar-refractivity contribution in [2.75, 3.05) is 19.0 Å². The zero-order chi connectivity index (χ0) is 22.1. The van der Waals surface area contributed by atoms with Crippen LogP contribution in [0.3, 0.4) is 0 Å². The number of hydrogen-bond acceptors (Lipinski definition) is 5. The van der Waals surface area contributed by atoms with Crippen molar-refractivity contribution in [2.45, 2.75) is 6.42 Å². The van der Waals surface area contributed by atoms with Crippen molar-refractivity contribution < 1.29 is 4.74 Å². The number of anilines is 1. The van der Waals surface area contributed by atoms with Crippen LogP contribution in [-0.4, -0.2) is 32.2 Å². The van der Waals surface area contributed by atoms with Crippen LogP contribution in [0.15, 0.2) is 88.5 Å². The van der Waals surface area contributed by atoms with Gasteiger partial charge in [0.25, 0.3) is 0 Å². The van der Waals surface area contributed by atoms with Crippen LogP contribution in [0.25, 0.3) is 16.7 Å². The SMILES string of the molecule is COc1ccc2nc(NCCc3ccccc3)n3c(=O)n(-c4ccccc4)c(=O)n3c2c1. The van der Waals surface area contributed by atoms with Gasteiger partial charge < -0.3 is 10.1 Å². The van der Waals surface area contributed by atoms with E-state index in [1.165, 1.54) is 9.03 Å². The summed E-state index contributed by atoms with van der Waals surface area (Å²) in [4.78, 5) is 31.5. The van der Waals surface area contributed by atoms with Gasteiger partial charge in [-0.05, 0) is 36.2 Å². The van der Waals surface area contributed by atoms with Crippen molar-refractivity contribution in [1.82, 2.24) is 18.6 Å². The van der Waals surface area contributed by atoms with Gasteiger partial charge in [0.05, 0.1) is 23.8 Å². The molecule has 160 valence electrons. The Kier molecular flexibility index (Phi) is 4.95. The number of hydrogen-bond donors (Lipinski definition) is 1. The van der Waals surface area contributed by atoms with E-state index < -0.39 is 11.4 Å². The number of benzene rings is 3. The van der Waals surface area contributed by atoms with Crippen LogP contribution in [0, 0.1) is 0 Å². The number of fused-ring (bicyclic) bond motifs is 3. The van der Waals surface area contributed by atoms with E-state index >= 15 is 0 Å². The minimum atomic E-state index is -0.499. The first kappa shape index (κ1) is 19.6. The van der Waals surface area contributed by atoms with E-state index in [1.54, 1.807) is 49.6 Å². The number of methoxy groups -OCH3 is 1. The molecule has 32 heavy (non-hydrogen) atoms. The molecular formula is C24H21N5O3. The van der Waals surface area contributed by atoms with E-state index in [9.17, 15) is 9.59 Å². The Morgan fingerprint density at radius 1 is 0.875 bits per heavy atom. The minimum absolute atomic E-state index is 0.301. The Hall–Kier alpha value is -4.33. The summed E-state index contributed by atoms with van der Waals surface area (Å²) in [7, 11) is 1.55. The van der Waals surface area contributed by atoms with Crippen LogP contribution in [-0.2, 0) is 6.42 Å². The standard InChI is InChI=1S/C24H21N5O3/c1-32-19-12-13-20-21(16-19)28-23(30)27(18-10-6-3-7-11-18)24(31)29(28)22(26-20)25-15-14-17-8-4-2-5-9-17/h2-13,16H,14-15H2,1H3,(H,25,26). The first-order valence-electron chi connectivity index (χ1n) is 10.2. The quantitative estimate of drug-likeness (QED) is 0.451. The van der Waals surface area contributed by atoms with Gasteiger partial charge in [0.15, 0.2) is 0 Å². The van der Waals surface area contributed by atoms with Crippen LogP contribution in [0.2, 0.25) is 0 Å². The molecule has 0 aliphatic rings. The number of nitrogens with one attached hydrogen (secondary N) is 1. The zero-order valence-electron chi connectivity index (χ0n) is 17.4. The molecule has 0 saturated carbocycles. The molecular weight excluding hydrogens is 406 g/mol. The van der Waals surface area contributed by atoms with E-state index in [1.807, 2.05) is 36.4 Å². The lowest BCUT2D eigenvalue weighted by Gasteiger charge is -2.11. The molecule has 0 aliphatic carbocycles.